The molecule has 2 aromatic rings. The summed E-state index contributed by atoms with van der Waals surface area (Å²) in [6.45, 7) is 6.10. The maximum atomic E-state index is 13.3. The lowest BCUT2D eigenvalue weighted by Crippen LogP contribution is -2.46. The zero-order chi connectivity index (χ0) is 23.2. The van der Waals surface area contributed by atoms with E-state index in [2.05, 4.69) is 29.6 Å². The van der Waals surface area contributed by atoms with Crippen molar-refractivity contribution in [3.8, 4) is 0 Å². The molecule has 0 aromatic heterocycles. The van der Waals surface area contributed by atoms with Crippen molar-refractivity contribution in [2.45, 2.75) is 76.0 Å². The van der Waals surface area contributed by atoms with Gasteiger partial charge >= 0.3 is 6.09 Å². The quantitative estimate of drug-likeness (QED) is 0.633. The number of benzene rings is 2. The molecular formula is C28H34N2O3. The Morgan fingerprint density at radius 1 is 0.939 bits per heavy atom. The van der Waals surface area contributed by atoms with Crippen molar-refractivity contribution in [3.63, 3.8) is 0 Å². The largest absolute Gasteiger partial charge is 0.444 e. The van der Waals surface area contributed by atoms with E-state index in [9.17, 15) is 9.59 Å². The van der Waals surface area contributed by atoms with Gasteiger partial charge in [0, 0.05) is 30.5 Å². The molecule has 0 spiro atoms. The lowest BCUT2D eigenvalue weighted by molar-refractivity contribution is -0.127. The van der Waals surface area contributed by atoms with Crippen LogP contribution < -0.4 is 5.32 Å². The van der Waals surface area contributed by atoms with Gasteiger partial charge in [0.1, 0.15) is 5.60 Å². The molecule has 0 heterocycles. The van der Waals surface area contributed by atoms with Gasteiger partial charge in [-0.2, -0.15) is 0 Å². The summed E-state index contributed by atoms with van der Waals surface area (Å²) < 4.78 is 5.76. The van der Waals surface area contributed by atoms with E-state index >= 15 is 0 Å². The van der Waals surface area contributed by atoms with Gasteiger partial charge in [0.15, 0.2) is 0 Å². The predicted octanol–water partition coefficient (Wildman–Crippen LogP) is 5.23. The van der Waals surface area contributed by atoms with Crippen LogP contribution in [0.2, 0.25) is 0 Å². The summed E-state index contributed by atoms with van der Waals surface area (Å²) in [6, 6.07) is 21.0. The van der Waals surface area contributed by atoms with Gasteiger partial charge in [0.2, 0.25) is 5.91 Å². The fourth-order valence-corrected chi connectivity index (χ4v) is 4.90. The highest BCUT2D eigenvalue weighted by Crippen LogP contribution is 2.52. The van der Waals surface area contributed by atoms with Crippen LogP contribution in [0.15, 0.2) is 60.7 Å². The summed E-state index contributed by atoms with van der Waals surface area (Å²) in [7, 11) is 0. The molecule has 0 radical (unpaired) electrons. The molecular weight excluding hydrogens is 412 g/mol. The predicted molar refractivity (Wildman–Crippen MR) is 128 cm³/mol. The number of hydrogen-bond donors (Lipinski definition) is 1. The summed E-state index contributed by atoms with van der Waals surface area (Å²) in [5.74, 6) is 0.804. The summed E-state index contributed by atoms with van der Waals surface area (Å²) in [5.41, 5.74) is 1.48. The highest BCUT2D eigenvalue weighted by Gasteiger charge is 2.57. The summed E-state index contributed by atoms with van der Waals surface area (Å²) >= 11 is 0. The lowest BCUT2D eigenvalue weighted by atomic mass is 10.0. The third-order valence-corrected chi connectivity index (χ3v) is 7.16. The number of carbonyl (C=O) groups is 2. The van der Waals surface area contributed by atoms with Crippen LogP contribution in [0.4, 0.5) is 4.79 Å². The van der Waals surface area contributed by atoms with Gasteiger partial charge in [-0.1, -0.05) is 60.7 Å². The van der Waals surface area contributed by atoms with Crippen molar-refractivity contribution in [1.29, 1.82) is 0 Å². The van der Waals surface area contributed by atoms with E-state index < -0.39 is 11.0 Å². The van der Waals surface area contributed by atoms with Gasteiger partial charge in [0.05, 0.1) is 5.41 Å². The van der Waals surface area contributed by atoms with E-state index in [0.717, 1.165) is 25.7 Å². The SMILES string of the molecule is CC(C)(C)OC(=O)N(CC1(C(=O)NC2C[C@H]2c2ccccc2)CC1)[C@H]1CC1c1ccccc1. The van der Waals surface area contributed by atoms with Crippen LogP contribution in [0.5, 0.6) is 0 Å². The molecule has 0 aliphatic heterocycles. The minimum absolute atomic E-state index is 0.0884. The fourth-order valence-electron chi connectivity index (χ4n) is 4.90. The molecule has 2 unspecified atom stereocenters. The minimum atomic E-state index is -0.567. The highest BCUT2D eigenvalue weighted by atomic mass is 16.6. The van der Waals surface area contributed by atoms with E-state index in [1.54, 1.807) is 0 Å². The van der Waals surface area contributed by atoms with Gasteiger partial charge in [0.25, 0.3) is 0 Å². The number of ether oxygens (including phenoxy) is 1. The van der Waals surface area contributed by atoms with Crippen molar-refractivity contribution >= 4 is 12.0 Å². The first-order valence-electron chi connectivity index (χ1n) is 12.2. The molecule has 3 fully saturated rings. The van der Waals surface area contributed by atoms with Gasteiger partial charge in [-0.25, -0.2) is 4.79 Å². The molecule has 5 nitrogen and oxygen atoms in total. The maximum absolute atomic E-state index is 13.3. The molecule has 0 bridgehead atoms. The highest BCUT2D eigenvalue weighted by molar-refractivity contribution is 5.87. The van der Waals surface area contributed by atoms with E-state index in [1.165, 1.54) is 11.1 Å². The average molecular weight is 447 g/mol. The van der Waals surface area contributed by atoms with Crippen molar-refractivity contribution < 1.29 is 14.3 Å². The monoisotopic (exact) mass is 446 g/mol. The number of carbonyl (C=O) groups excluding carboxylic acids is 2. The minimum Gasteiger partial charge on any atom is -0.444 e. The molecule has 5 heteroatoms. The Labute approximate surface area is 196 Å². The summed E-state index contributed by atoms with van der Waals surface area (Å²) in [5, 5.41) is 3.28. The number of hydrogen-bond acceptors (Lipinski definition) is 3. The van der Waals surface area contributed by atoms with Crippen molar-refractivity contribution in [2.24, 2.45) is 5.41 Å². The molecule has 4 atom stereocenters. The van der Waals surface area contributed by atoms with E-state index in [1.807, 2.05) is 62.1 Å². The Bertz CT molecular complexity index is 1010. The molecule has 33 heavy (non-hydrogen) atoms. The van der Waals surface area contributed by atoms with Gasteiger partial charge in [-0.05, 0) is 57.6 Å². The molecule has 5 rings (SSSR count). The third-order valence-electron chi connectivity index (χ3n) is 7.16. The number of amides is 2. The number of rotatable bonds is 7. The summed E-state index contributed by atoms with van der Waals surface area (Å²) in [6.07, 6.45) is 3.24. The second-order valence-corrected chi connectivity index (χ2v) is 11.0. The Balaban J connectivity index is 1.26. The molecule has 2 aromatic carbocycles. The molecule has 3 aliphatic carbocycles. The molecule has 3 saturated carbocycles. The normalized spacial score (nSPS) is 26.8. The Morgan fingerprint density at radius 3 is 2.06 bits per heavy atom. The number of nitrogens with zero attached hydrogens (tertiary/aromatic N) is 1. The molecule has 3 aliphatic rings. The standard InChI is InChI=1S/C28H34N2O3/c1-27(2,3)33-26(32)30(24-17-22(24)20-12-8-5-9-13-20)18-28(14-15-28)25(31)29-23-16-21(23)19-10-6-4-7-11-19/h4-13,21-24H,14-18H2,1-3H3,(H,29,31)/t21-,22?,23?,24-/m0/s1. The first-order chi connectivity index (χ1) is 15.8. The Hall–Kier alpha value is -2.82. The Kier molecular flexibility index (Phi) is 5.46. The van der Waals surface area contributed by atoms with E-state index in [-0.39, 0.29) is 24.1 Å². The first-order valence-corrected chi connectivity index (χ1v) is 12.2. The van der Waals surface area contributed by atoms with Crippen LogP contribution in [0, 0.1) is 5.41 Å². The van der Waals surface area contributed by atoms with Crippen molar-refractivity contribution in [2.75, 3.05) is 6.54 Å². The third kappa shape index (κ3) is 4.92. The van der Waals surface area contributed by atoms with Gasteiger partial charge < -0.3 is 15.0 Å². The van der Waals surface area contributed by atoms with Crippen LogP contribution in [-0.2, 0) is 9.53 Å². The average Bonchev–Trinajstić information content (AvgIpc) is 3.66. The van der Waals surface area contributed by atoms with Crippen LogP contribution >= 0.6 is 0 Å². The maximum Gasteiger partial charge on any atom is 0.410 e. The van der Waals surface area contributed by atoms with Crippen molar-refractivity contribution in [1.82, 2.24) is 10.2 Å². The number of nitrogens with one attached hydrogen (secondary N) is 1. The van der Waals surface area contributed by atoms with Crippen LogP contribution in [0.25, 0.3) is 0 Å². The fraction of sp³-hybridized carbons (Fsp3) is 0.500. The molecule has 2 amide bonds. The smallest absolute Gasteiger partial charge is 0.410 e. The van der Waals surface area contributed by atoms with Gasteiger partial charge in [-0.3, -0.25) is 4.79 Å². The topological polar surface area (TPSA) is 58.6 Å². The summed E-state index contributed by atoms with van der Waals surface area (Å²) in [4.78, 5) is 28.3. The second kappa shape index (κ2) is 8.19. The van der Waals surface area contributed by atoms with Crippen LogP contribution in [0.1, 0.15) is 69.4 Å². The second-order valence-electron chi connectivity index (χ2n) is 11.0. The molecule has 0 saturated heterocycles. The van der Waals surface area contributed by atoms with Crippen LogP contribution in [0.3, 0.4) is 0 Å². The lowest BCUT2D eigenvalue weighted by Gasteiger charge is -2.30. The van der Waals surface area contributed by atoms with E-state index in [0.29, 0.717) is 18.4 Å². The molecule has 174 valence electrons. The zero-order valence-electron chi connectivity index (χ0n) is 19.8. The molecule has 1 N–H and O–H groups in total. The van der Waals surface area contributed by atoms with E-state index in [4.69, 9.17) is 4.74 Å². The first kappa shape index (κ1) is 22.0. The van der Waals surface area contributed by atoms with Gasteiger partial charge in [-0.15, -0.1) is 0 Å². The zero-order valence-corrected chi connectivity index (χ0v) is 19.8. The Morgan fingerprint density at radius 2 is 1.52 bits per heavy atom. The van der Waals surface area contributed by atoms with Crippen LogP contribution in [-0.4, -0.2) is 41.1 Å². The van der Waals surface area contributed by atoms with Crippen molar-refractivity contribution in [3.05, 3.63) is 71.8 Å².